The summed E-state index contributed by atoms with van der Waals surface area (Å²) in [5.74, 6) is -0.380. The second kappa shape index (κ2) is 9.25. The Morgan fingerprint density at radius 2 is 1.78 bits per heavy atom. The molecule has 8 heteroatoms. The van der Waals surface area contributed by atoms with Gasteiger partial charge < -0.3 is 4.90 Å². The molecule has 0 bridgehead atoms. The van der Waals surface area contributed by atoms with Crippen LogP contribution in [0.15, 0.2) is 57.9 Å². The first-order chi connectivity index (χ1) is 12.7. The number of Topliss-reactive ketones (excluding diaryl/α,β-unsaturated/α-hetero) is 1. The first-order valence-electron chi connectivity index (χ1n) is 8.28. The zero-order valence-electron chi connectivity index (χ0n) is 15.1. The molecule has 1 amide bonds. The molecule has 2 rings (SSSR count). The van der Waals surface area contributed by atoms with Gasteiger partial charge in [0.25, 0.3) is 0 Å². The van der Waals surface area contributed by atoms with E-state index in [0.29, 0.717) is 12.1 Å². The number of hydrogen-bond acceptors (Lipinski definition) is 4. The van der Waals surface area contributed by atoms with Crippen molar-refractivity contribution >= 4 is 37.6 Å². The number of carbonyl (C=O) groups excluding carboxylic acids is 2. The Hall–Kier alpha value is -2.03. The van der Waals surface area contributed by atoms with Crippen LogP contribution in [0.2, 0.25) is 0 Å². The number of hydrogen-bond donors (Lipinski definition) is 1. The molecule has 0 saturated carbocycles. The van der Waals surface area contributed by atoms with Crippen LogP contribution in [0, 0.1) is 0 Å². The number of amides is 1. The minimum atomic E-state index is -3.78. The molecule has 6 nitrogen and oxygen atoms in total. The third kappa shape index (κ3) is 6.27. The molecular formula is C19H21BrN2O4S. The van der Waals surface area contributed by atoms with E-state index in [9.17, 15) is 18.0 Å². The molecule has 1 N–H and O–H groups in total. The highest BCUT2D eigenvalue weighted by Gasteiger charge is 2.16. The number of sulfonamides is 1. The zero-order chi connectivity index (χ0) is 20.0. The van der Waals surface area contributed by atoms with Gasteiger partial charge in [-0.05, 0) is 36.8 Å². The van der Waals surface area contributed by atoms with Gasteiger partial charge in [-0.1, -0.05) is 40.2 Å². The molecule has 27 heavy (non-hydrogen) atoms. The maximum absolute atomic E-state index is 12.3. The Bertz CT molecular complexity index is 927. The van der Waals surface area contributed by atoms with Crippen LogP contribution in [-0.4, -0.2) is 38.6 Å². The summed E-state index contributed by atoms with van der Waals surface area (Å²) in [6, 6.07) is 13.4. The fraction of sp³-hybridized carbons (Fsp3) is 0.263. The van der Waals surface area contributed by atoms with Gasteiger partial charge in [0.1, 0.15) is 0 Å². The van der Waals surface area contributed by atoms with Crippen molar-refractivity contribution in [3.63, 3.8) is 0 Å². The normalized spacial score (nSPS) is 11.2. The Kier molecular flexibility index (Phi) is 7.29. The van der Waals surface area contributed by atoms with Gasteiger partial charge in [-0.2, -0.15) is 0 Å². The highest BCUT2D eigenvalue weighted by Crippen LogP contribution is 2.13. The first-order valence-corrected chi connectivity index (χ1v) is 10.6. The van der Waals surface area contributed by atoms with Crippen molar-refractivity contribution < 1.29 is 18.0 Å². The maximum atomic E-state index is 12.3. The number of halogens is 1. The number of nitrogens with one attached hydrogen (secondary N) is 1. The average molecular weight is 453 g/mol. The molecule has 0 heterocycles. The van der Waals surface area contributed by atoms with Crippen LogP contribution in [0.4, 0.5) is 0 Å². The van der Waals surface area contributed by atoms with Gasteiger partial charge in [0, 0.05) is 36.6 Å². The molecule has 0 aromatic heterocycles. The van der Waals surface area contributed by atoms with Crippen LogP contribution in [0.3, 0.4) is 0 Å². The highest BCUT2D eigenvalue weighted by molar-refractivity contribution is 9.10. The molecule has 2 aromatic rings. The van der Waals surface area contributed by atoms with Crippen molar-refractivity contribution in [3.8, 4) is 0 Å². The summed E-state index contributed by atoms with van der Waals surface area (Å²) in [4.78, 5) is 25.2. The summed E-state index contributed by atoms with van der Waals surface area (Å²) >= 11 is 3.36. The number of nitrogens with zero attached hydrogens (tertiary/aromatic N) is 1. The molecule has 2 aromatic carbocycles. The van der Waals surface area contributed by atoms with E-state index in [1.54, 1.807) is 18.0 Å². The van der Waals surface area contributed by atoms with Gasteiger partial charge in [0.2, 0.25) is 15.9 Å². The Labute approximate surface area is 167 Å². The van der Waals surface area contributed by atoms with Crippen molar-refractivity contribution in [1.82, 2.24) is 9.62 Å². The van der Waals surface area contributed by atoms with Gasteiger partial charge >= 0.3 is 0 Å². The summed E-state index contributed by atoms with van der Waals surface area (Å²) < 4.78 is 28.0. The second-order valence-corrected chi connectivity index (χ2v) is 8.79. The summed E-state index contributed by atoms with van der Waals surface area (Å²) in [5, 5.41) is 0. The van der Waals surface area contributed by atoms with Crippen LogP contribution in [0.25, 0.3) is 0 Å². The number of rotatable bonds is 8. The lowest BCUT2D eigenvalue weighted by Gasteiger charge is -2.17. The predicted molar refractivity (Wildman–Crippen MR) is 107 cm³/mol. The number of benzene rings is 2. The molecule has 0 saturated heterocycles. The molecular weight excluding hydrogens is 432 g/mol. The molecule has 144 valence electrons. The fourth-order valence-electron chi connectivity index (χ4n) is 2.40. The molecule has 0 aliphatic heterocycles. The predicted octanol–water partition coefficient (Wildman–Crippen LogP) is 2.98. The molecule has 0 aliphatic carbocycles. The topological polar surface area (TPSA) is 83.5 Å². The van der Waals surface area contributed by atoms with Gasteiger partial charge in [0.05, 0.1) is 4.90 Å². The second-order valence-electron chi connectivity index (χ2n) is 6.11. The van der Waals surface area contributed by atoms with E-state index in [-0.39, 0.29) is 29.6 Å². The third-order valence-corrected chi connectivity index (χ3v) is 5.93. The number of ketones is 1. The zero-order valence-corrected chi connectivity index (χ0v) is 17.5. The van der Waals surface area contributed by atoms with Crippen LogP contribution >= 0.6 is 15.9 Å². The van der Waals surface area contributed by atoms with Crippen LogP contribution in [-0.2, 0) is 21.4 Å². The Morgan fingerprint density at radius 1 is 1.11 bits per heavy atom. The first kappa shape index (κ1) is 21.3. The van der Waals surface area contributed by atoms with Crippen molar-refractivity contribution in [2.75, 3.05) is 13.6 Å². The SMILES string of the molecule is CC(=O)c1cccc(S(=O)(=O)NCCC(=O)N(C)Cc2ccc(Br)cc2)c1. The average Bonchev–Trinajstić information content (AvgIpc) is 2.63. The summed E-state index contributed by atoms with van der Waals surface area (Å²) in [7, 11) is -2.10. The van der Waals surface area contributed by atoms with Crippen LogP contribution < -0.4 is 4.72 Å². The highest BCUT2D eigenvalue weighted by atomic mass is 79.9. The lowest BCUT2D eigenvalue weighted by Crippen LogP contribution is -2.32. The van der Waals surface area contributed by atoms with Crippen molar-refractivity contribution in [2.45, 2.75) is 24.8 Å². The summed E-state index contributed by atoms with van der Waals surface area (Å²) in [5.41, 5.74) is 1.30. The maximum Gasteiger partial charge on any atom is 0.240 e. The largest absolute Gasteiger partial charge is 0.341 e. The minimum absolute atomic E-state index is 0.00543. The van der Waals surface area contributed by atoms with E-state index in [1.807, 2.05) is 24.3 Å². The lowest BCUT2D eigenvalue weighted by atomic mass is 10.2. The molecule has 0 unspecified atom stereocenters. The van der Waals surface area contributed by atoms with E-state index in [4.69, 9.17) is 0 Å². The molecule has 0 aliphatic rings. The smallest absolute Gasteiger partial charge is 0.240 e. The third-order valence-electron chi connectivity index (χ3n) is 3.94. The monoisotopic (exact) mass is 452 g/mol. The van der Waals surface area contributed by atoms with Crippen molar-refractivity contribution in [2.24, 2.45) is 0 Å². The van der Waals surface area contributed by atoms with Gasteiger partial charge in [-0.15, -0.1) is 0 Å². The van der Waals surface area contributed by atoms with E-state index < -0.39 is 10.0 Å². The summed E-state index contributed by atoms with van der Waals surface area (Å²) in [6.07, 6.45) is 0.0403. The quantitative estimate of drug-likeness (QED) is 0.623. The van der Waals surface area contributed by atoms with E-state index in [1.165, 1.54) is 25.1 Å². The van der Waals surface area contributed by atoms with Crippen molar-refractivity contribution in [1.29, 1.82) is 0 Å². The van der Waals surface area contributed by atoms with Gasteiger partial charge in [-0.3, -0.25) is 9.59 Å². The van der Waals surface area contributed by atoms with E-state index >= 15 is 0 Å². The minimum Gasteiger partial charge on any atom is -0.341 e. The Morgan fingerprint density at radius 3 is 2.41 bits per heavy atom. The Balaban J connectivity index is 1.90. The fourth-order valence-corrected chi connectivity index (χ4v) is 3.74. The van der Waals surface area contributed by atoms with Crippen LogP contribution in [0.1, 0.15) is 29.3 Å². The van der Waals surface area contributed by atoms with E-state index in [2.05, 4.69) is 20.7 Å². The number of carbonyl (C=O) groups is 2. The van der Waals surface area contributed by atoms with Gasteiger partial charge in [-0.25, -0.2) is 13.1 Å². The molecule has 0 spiro atoms. The lowest BCUT2D eigenvalue weighted by molar-refractivity contribution is -0.130. The standard InChI is InChI=1S/C19H21BrN2O4S/c1-14(23)16-4-3-5-18(12-16)27(25,26)21-11-10-19(24)22(2)13-15-6-8-17(20)9-7-15/h3-9,12,21H,10-11,13H2,1-2H3. The van der Waals surface area contributed by atoms with Crippen molar-refractivity contribution in [3.05, 3.63) is 64.1 Å². The van der Waals surface area contributed by atoms with Gasteiger partial charge in [0.15, 0.2) is 5.78 Å². The van der Waals surface area contributed by atoms with E-state index in [0.717, 1.165) is 10.0 Å². The molecule has 0 atom stereocenters. The van der Waals surface area contributed by atoms with Crippen LogP contribution in [0.5, 0.6) is 0 Å². The summed E-state index contributed by atoms with van der Waals surface area (Å²) in [6.45, 7) is 1.80. The molecule has 0 radical (unpaired) electrons. The molecule has 0 fully saturated rings.